The Hall–Kier alpha value is -1.81. The van der Waals surface area contributed by atoms with E-state index in [1.807, 2.05) is 18.3 Å². The number of imidazole rings is 1. The molecule has 4 heteroatoms. The highest BCUT2D eigenvalue weighted by molar-refractivity contribution is 5.46. The number of benzene rings is 1. The number of hydrogen-bond donors (Lipinski definition) is 3. The maximum absolute atomic E-state index is 9.84. The molecule has 1 aromatic heterocycles. The van der Waals surface area contributed by atoms with E-state index in [4.69, 9.17) is 5.11 Å². The molecule has 0 saturated carbocycles. The lowest BCUT2D eigenvalue weighted by Crippen LogP contribution is -1.99. The summed E-state index contributed by atoms with van der Waals surface area (Å²) in [5, 5.41) is 19.0. The van der Waals surface area contributed by atoms with Crippen molar-refractivity contribution >= 4 is 0 Å². The smallest absolute Gasteiger partial charge is 0.121 e. The summed E-state index contributed by atoms with van der Waals surface area (Å²) >= 11 is 0. The zero-order valence-corrected chi connectivity index (χ0v) is 10.1. The minimum absolute atomic E-state index is 0.108. The van der Waals surface area contributed by atoms with Crippen molar-refractivity contribution < 1.29 is 10.2 Å². The number of hydrogen-bond acceptors (Lipinski definition) is 3. The molecular formula is C14H16N2O2. The van der Waals surface area contributed by atoms with Crippen LogP contribution in [0.15, 0.2) is 24.7 Å². The van der Waals surface area contributed by atoms with Crippen LogP contribution in [-0.4, -0.2) is 20.2 Å². The molecule has 1 aliphatic rings. The van der Waals surface area contributed by atoms with Gasteiger partial charge in [-0.1, -0.05) is 0 Å². The third-order valence-corrected chi connectivity index (χ3v) is 3.72. The Morgan fingerprint density at radius 1 is 1.39 bits per heavy atom. The minimum atomic E-state index is -0.108. The Morgan fingerprint density at radius 3 is 3.00 bits per heavy atom. The zero-order chi connectivity index (χ0) is 12.5. The number of aliphatic hydroxyl groups is 1. The summed E-state index contributed by atoms with van der Waals surface area (Å²) in [7, 11) is 0. The highest BCUT2D eigenvalue weighted by Crippen LogP contribution is 2.38. The summed E-state index contributed by atoms with van der Waals surface area (Å²) < 4.78 is 0. The lowest BCUT2D eigenvalue weighted by Gasteiger charge is -2.11. The molecule has 18 heavy (non-hydrogen) atoms. The number of nitrogens with zero attached hydrogens (tertiary/aromatic N) is 1. The van der Waals surface area contributed by atoms with Crippen molar-refractivity contribution in [2.24, 2.45) is 0 Å². The van der Waals surface area contributed by atoms with Gasteiger partial charge >= 0.3 is 0 Å². The number of aliphatic hydroxyl groups excluding tert-OH is 1. The van der Waals surface area contributed by atoms with Crippen molar-refractivity contribution in [1.82, 2.24) is 9.97 Å². The van der Waals surface area contributed by atoms with E-state index in [2.05, 4.69) is 9.97 Å². The van der Waals surface area contributed by atoms with E-state index >= 15 is 0 Å². The highest BCUT2D eigenvalue weighted by Gasteiger charge is 2.24. The van der Waals surface area contributed by atoms with Crippen molar-refractivity contribution in [1.29, 1.82) is 0 Å². The molecule has 4 nitrogen and oxygen atoms in total. The molecule has 1 aromatic carbocycles. The molecule has 0 bridgehead atoms. The quantitative estimate of drug-likeness (QED) is 0.772. The molecule has 0 spiro atoms. The van der Waals surface area contributed by atoms with E-state index in [9.17, 15) is 5.11 Å². The number of rotatable bonds is 3. The zero-order valence-electron chi connectivity index (χ0n) is 10.1. The average Bonchev–Trinajstić information content (AvgIpc) is 3.00. The molecule has 0 radical (unpaired) electrons. The second kappa shape index (κ2) is 4.46. The van der Waals surface area contributed by atoms with Crippen LogP contribution in [0.3, 0.4) is 0 Å². The Balaban J connectivity index is 1.89. The van der Waals surface area contributed by atoms with Crippen LogP contribution in [0, 0.1) is 0 Å². The molecule has 1 atom stereocenters. The third kappa shape index (κ3) is 1.88. The number of nitrogens with one attached hydrogen (secondary N) is 1. The largest absolute Gasteiger partial charge is 0.508 e. The van der Waals surface area contributed by atoms with Gasteiger partial charge in [-0.05, 0) is 48.4 Å². The van der Waals surface area contributed by atoms with Gasteiger partial charge in [-0.2, -0.15) is 0 Å². The summed E-state index contributed by atoms with van der Waals surface area (Å²) in [5.74, 6) is 0.618. The molecular weight excluding hydrogens is 228 g/mol. The number of aromatic amines is 1. The summed E-state index contributed by atoms with van der Waals surface area (Å²) in [6.07, 6.45) is 6.60. The lowest BCUT2D eigenvalue weighted by molar-refractivity contribution is 0.275. The van der Waals surface area contributed by atoms with E-state index in [1.165, 1.54) is 11.1 Å². The van der Waals surface area contributed by atoms with Gasteiger partial charge < -0.3 is 15.2 Å². The Bertz CT molecular complexity index is 549. The molecule has 94 valence electrons. The van der Waals surface area contributed by atoms with Crippen LogP contribution >= 0.6 is 0 Å². The van der Waals surface area contributed by atoms with Crippen LogP contribution in [-0.2, 0) is 19.4 Å². The topological polar surface area (TPSA) is 69.1 Å². The van der Waals surface area contributed by atoms with Crippen LogP contribution in [0.4, 0.5) is 0 Å². The predicted octanol–water partition coefficient (Wildman–Crippen LogP) is 1.88. The third-order valence-electron chi connectivity index (χ3n) is 3.72. The summed E-state index contributed by atoms with van der Waals surface area (Å²) in [4.78, 5) is 7.21. The number of H-pyrrole nitrogens is 1. The molecule has 1 aliphatic carbocycles. The fraction of sp³-hybridized carbons (Fsp3) is 0.357. The standard InChI is InChI=1S/C14H16N2O2/c17-7-11-3-9-1-2-10(13(9)5-14(11)18)4-12-6-15-8-16-12/h3,5-6,8,10,17-18H,1-2,4,7H2,(H,15,16). The van der Waals surface area contributed by atoms with E-state index < -0.39 is 0 Å². The molecule has 3 N–H and O–H groups in total. The van der Waals surface area contributed by atoms with Gasteiger partial charge in [0, 0.05) is 11.8 Å². The van der Waals surface area contributed by atoms with Gasteiger partial charge in [-0.25, -0.2) is 4.98 Å². The summed E-state index contributed by atoms with van der Waals surface area (Å²) in [6, 6.07) is 3.74. The van der Waals surface area contributed by atoms with E-state index in [0.29, 0.717) is 11.5 Å². The van der Waals surface area contributed by atoms with Crippen molar-refractivity contribution in [2.45, 2.75) is 31.8 Å². The number of fused-ring (bicyclic) bond motifs is 1. The van der Waals surface area contributed by atoms with Gasteiger partial charge in [0.15, 0.2) is 0 Å². The van der Waals surface area contributed by atoms with Crippen LogP contribution in [0.2, 0.25) is 0 Å². The van der Waals surface area contributed by atoms with Gasteiger partial charge in [0.2, 0.25) is 0 Å². The average molecular weight is 244 g/mol. The van der Waals surface area contributed by atoms with Crippen LogP contribution in [0.5, 0.6) is 5.75 Å². The second-order valence-electron chi connectivity index (χ2n) is 4.84. The Morgan fingerprint density at radius 2 is 2.28 bits per heavy atom. The lowest BCUT2D eigenvalue weighted by atomic mass is 9.95. The molecule has 2 aromatic rings. The molecule has 0 aliphatic heterocycles. The SMILES string of the molecule is OCc1cc2c(cc1O)C(Cc1c[nH]cn1)CC2. The van der Waals surface area contributed by atoms with Gasteiger partial charge in [-0.15, -0.1) is 0 Å². The van der Waals surface area contributed by atoms with Gasteiger partial charge in [0.1, 0.15) is 5.75 Å². The van der Waals surface area contributed by atoms with Crippen LogP contribution in [0.1, 0.15) is 34.7 Å². The minimum Gasteiger partial charge on any atom is -0.508 e. The second-order valence-corrected chi connectivity index (χ2v) is 4.84. The van der Waals surface area contributed by atoms with Crippen LogP contribution in [0.25, 0.3) is 0 Å². The fourth-order valence-electron chi connectivity index (χ4n) is 2.78. The number of aryl methyl sites for hydroxylation is 1. The number of phenols is 1. The van der Waals surface area contributed by atoms with Gasteiger partial charge in [-0.3, -0.25) is 0 Å². The first-order chi connectivity index (χ1) is 8.78. The maximum Gasteiger partial charge on any atom is 0.121 e. The van der Waals surface area contributed by atoms with Crippen molar-refractivity contribution in [3.63, 3.8) is 0 Å². The van der Waals surface area contributed by atoms with Gasteiger partial charge in [0.25, 0.3) is 0 Å². The van der Waals surface area contributed by atoms with Crippen molar-refractivity contribution in [3.8, 4) is 5.75 Å². The molecule has 3 rings (SSSR count). The predicted molar refractivity (Wildman–Crippen MR) is 67.4 cm³/mol. The van der Waals surface area contributed by atoms with E-state index in [-0.39, 0.29) is 12.4 Å². The Labute approximate surface area is 105 Å². The fourth-order valence-corrected chi connectivity index (χ4v) is 2.78. The first-order valence-corrected chi connectivity index (χ1v) is 6.21. The molecule has 1 unspecified atom stereocenters. The maximum atomic E-state index is 9.84. The van der Waals surface area contributed by atoms with E-state index in [0.717, 1.165) is 25.0 Å². The van der Waals surface area contributed by atoms with Gasteiger partial charge in [0.05, 0.1) is 18.6 Å². The van der Waals surface area contributed by atoms with Crippen molar-refractivity contribution in [2.75, 3.05) is 0 Å². The summed E-state index contributed by atoms with van der Waals surface area (Å²) in [6.45, 7) is -0.108. The number of aromatic hydroxyl groups is 1. The molecule has 0 saturated heterocycles. The molecule has 1 heterocycles. The summed E-state index contributed by atoms with van der Waals surface area (Å²) in [5.41, 5.74) is 4.12. The monoisotopic (exact) mass is 244 g/mol. The first-order valence-electron chi connectivity index (χ1n) is 6.21. The van der Waals surface area contributed by atoms with E-state index in [1.54, 1.807) is 6.33 Å². The molecule has 0 fully saturated rings. The molecule has 0 amide bonds. The number of aromatic nitrogens is 2. The van der Waals surface area contributed by atoms with Crippen LogP contribution < -0.4 is 0 Å². The normalized spacial score (nSPS) is 17.9. The first kappa shape index (κ1) is 11.3. The highest BCUT2D eigenvalue weighted by atomic mass is 16.3. The van der Waals surface area contributed by atoms with Crippen molar-refractivity contribution in [3.05, 3.63) is 47.0 Å². The Kier molecular flexibility index (Phi) is 2.80.